The molecule has 20 heavy (non-hydrogen) atoms. The van der Waals surface area contributed by atoms with Gasteiger partial charge in [0.25, 0.3) is 0 Å². The van der Waals surface area contributed by atoms with E-state index in [1.54, 1.807) is 0 Å². The van der Waals surface area contributed by atoms with Gasteiger partial charge in [0.1, 0.15) is 6.10 Å². The molecule has 0 radical (unpaired) electrons. The predicted molar refractivity (Wildman–Crippen MR) is 82.5 cm³/mol. The van der Waals surface area contributed by atoms with Gasteiger partial charge < -0.3 is 9.84 Å². The summed E-state index contributed by atoms with van der Waals surface area (Å²) < 4.78 is 5.61. The molecule has 0 bridgehead atoms. The van der Waals surface area contributed by atoms with Gasteiger partial charge in [0.2, 0.25) is 0 Å². The van der Waals surface area contributed by atoms with E-state index in [9.17, 15) is 5.11 Å². The molecule has 2 aromatic rings. The number of benzene rings is 2. The second-order valence-corrected chi connectivity index (χ2v) is 5.93. The Hall–Kier alpha value is -1.64. The van der Waals surface area contributed by atoms with Crippen LogP contribution in [0.4, 0.5) is 0 Å². The van der Waals surface area contributed by atoms with E-state index >= 15 is 0 Å². The van der Waals surface area contributed by atoms with Crippen molar-refractivity contribution in [3.63, 3.8) is 0 Å². The highest BCUT2D eigenvalue weighted by Crippen LogP contribution is 2.22. The fourth-order valence-electron chi connectivity index (χ4n) is 1.95. The van der Waals surface area contributed by atoms with Gasteiger partial charge in [-0.2, -0.15) is 0 Å². The van der Waals surface area contributed by atoms with E-state index in [2.05, 4.69) is 12.1 Å². The molecule has 2 rings (SSSR count). The lowest BCUT2D eigenvalue weighted by Crippen LogP contribution is -2.22. The minimum atomic E-state index is -0.584. The first-order chi connectivity index (χ1) is 9.46. The summed E-state index contributed by atoms with van der Waals surface area (Å²) in [6, 6.07) is 18.2. The lowest BCUT2D eigenvalue weighted by molar-refractivity contribution is -0.0496. The third-order valence-corrected chi connectivity index (χ3v) is 3.08. The molecule has 0 heterocycles. The van der Waals surface area contributed by atoms with Crippen LogP contribution in [0.5, 0.6) is 0 Å². The molecule has 0 spiro atoms. The average molecular weight is 270 g/mol. The SMILES string of the molecule is CC(C)(C)OCC(O)c1ccc(-c2ccccc2)cc1. The molecule has 1 unspecified atom stereocenters. The van der Waals surface area contributed by atoms with E-state index in [1.807, 2.05) is 63.2 Å². The second-order valence-electron chi connectivity index (χ2n) is 5.93. The Morgan fingerprint density at radius 1 is 0.900 bits per heavy atom. The highest BCUT2D eigenvalue weighted by Gasteiger charge is 2.14. The standard InChI is InChI=1S/C18H22O2/c1-18(2,3)20-13-17(19)16-11-9-15(10-12-16)14-7-5-4-6-8-14/h4-12,17,19H,13H2,1-3H3. The summed E-state index contributed by atoms with van der Waals surface area (Å²) >= 11 is 0. The Morgan fingerprint density at radius 2 is 1.45 bits per heavy atom. The fraction of sp³-hybridized carbons (Fsp3) is 0.333. The van der Waals surface area contributed by atoms with Gasteiger partial charge in [0, 0.05) is 0 Å². The molecule has 0 saturated heterocycles. The number of aliphatic hydroxyl groups excluding tert-OH is 1. The number of hydrogen-bond acceptors (Lipinski definition) is 2. The lowest BCUT2D eigenvalue weighted by atomic mass is 10.0. The largest absolute Gasteiger partial charge is 0.386 e. The quantitative estimate of drug-likeness (QED) is 0.902. The maximum absolute atomic E-state index is 10.1. The van der Waals surface area contributed by atoms with Crippen molar-refractivity contribution < 1.29 is 9.84 Å². The summed E-state index contributed by atoms with van der Waals surface area (Å²) in [7, 11) is 0. The van der Waals surface area contributed by atoms with Gasteiger partial charge in [-0.1, -0.05) is 54.6 Å². The minimum absolute atomic E-state index is 0.231. The number of rotatable bonds is 4. The first-order valence-electron chi connectivity index (χ1n) is 6.93. The van der Waals surface area contributed by atoms with Gasteiger partial charge in [-0.05, 0) is 37.5 Å². The molecule has 0 amide bonds. The van der Waals surface area contributed by atoms with E-state index in [4.69, 9.17) is 4.74 Å². The van der Waals surface area contributed by atoms with Crippen molar-refractivity contribution in [1.82, 2.24) is 0 Å². The van der Waals surface area contributed by atoms with Gasteiger partial charge >= 0.3 is 0 Å². The van der Waals surface area contributed by atoms with E-state index < -0.39 is 6.10 Å². The Bertz CT molecular complexity index is 524. The van der Waals surface area contributed by atoms with Crippen molar-refractivity contribution in [1.29, 1.82) is 0 Å². The van der Waals surface area contributed by atoms with Crippen molar-refractivity contribution in [3.8, 4) is 11.1 Å². The molecule has 1 N–H and O–H groups in total. The average Bonchev–Trinajstić information content (AvgIpc) is 2.45. The number of ether oxygens (including phenoxy) is 1. The van der Waals surface area contributed by atoms with Gasteiger partial charge in [-0.3, -0.25) is 0 Å². The van der Waals surface area contributed by atoms with Crippen molar-refractivity contribution in [2.24, 2.45) is 0 Å². The predicted octanol–water partition coefficient (Wildman–Crippen LogP) is 4.20. The molecule has 106 valence electrons. The van der Waals surface area contributed by atoms with Gasteiger partial charge in [0.15, 0.2) is 0 Å². The highest BCUT2D eigenvalue weighted by atomic mass is 16.5. The summed E-state index contributed by atoms with van der Waals surface area (Å²) in [6.45, 7) is 6.27. The lowest BCUT2D eigenvalue weighted by Gasteiger charge is -2.22. The molecular weight excluding hydrogens is 248 g/mol. The van der Waals surface area contributed by atoms with Crippen LogP contribution in [-0.4, -0.2) is 17.3 Å². The van der Waals surface area contributed by atoms with E-state index in [-0.39, 0.29) is 5.60 Å². The smallest absolute Gasteiger partial charge is 0.102 e. The zero-order valence-corrected chi connectivity index (χ0v) is 12.3. The second kappa shape index (κ2) is 6.21. The Morgan fingerprint density at radius 3 is 2.00 bits per heavy atom. The maximum Gasteiger partial charge on any atom is 0.102 e. The third-order valence-electron chi connectivity index (χ3n) is 3.08. The molecule has 0 aliphatic heterocycles. The van der Waals surface area contributed by atoms with E-state index in [0.29, 0.717) is 6.61 Å². The zero-order valence-electron chi connectivity index (χ0n) is 12.3. The summed E-state index contributed by atoms with van der Waals surface area (Å²) in [4.78, 5) is 0. The first kappa shape index (κ1) is 14.8. The molecule has 0 fully saturated rings. The molecule has 1 atom stereocenters. The Labute approximate surface area is 121 Å². The normalized spacial score (nSPS) is 13.2. The Kier molecular flexibility index (Phi) is 4.58. The number of hydrogen-bond donors (Lipinski definition) is 1. The van der Waals surface area contributed by atoms with Gasteiger partial charge in [-0.15, -0.1) is 0 Å². The maximum atomic E-state index is 10.1. The van der Waals surface area contributed by atoms with Crippen LogP contribution >= 0.6 is 0 Å². The van der Waals surface area contributed by atoms with E-state index in [0.717, 1.165) is 11.1 Å². The molecule has 0 aromatic heterocycles. The zero-order chi connectivity index (χ0) is 14.6. The molecule has 0 aliphatic rings. The van der Waals surface area contributed by atoms with Gasteiger partial charge in [0.05, 0.1) is 12.2 Å². The van der Waals surface area contributed by atoms with Crippen molar-refractivity contribution >= 4 is 0 Å². The molecular formula is C18H22O2. The molecule has 0 aliphatic carbocycles. The van der Waals surface area contributed by atoms with Crippen LogP contribution in [0.2, 0.25) is 0 Å². The molecule has 0 saturated carbocycles. The summed E-state index contributed by atoms with van der Waals surface area (Å²) in [5, 5.41) is 10.1. The van der Waals surface area contributed by atoms with Crippen molar-refractivity contribution in [2.75, 3.05) is 6.61 Å². The van der Waals surface area contributed by atoms with Crippen LogP contribution in [0.15, 0.2) is 54.6 Å². The summed E-state index contributed by atoms with van der Waals surface area (Å²) in [6.07, 6.45) is -0.584. The van der Waals surface area contributed by atoms with Gasteiger partial charge in [-0.25, -0.2) is 0 Å². The van der Waals surface area contributed by atoms with Crippen molar-refractivity contribution in [2.45, 2.75) is 32.5 Å². The highest BCUT2D eigenvalue weighted by molar-refractivity contribution is 5.63. The monoisotopic (exact) mass is 270 g/mol. The summed E-state index contributed by atoms with van der Waals surface area (Å²) in [5.41, 5.74) is 2.98. The minimum Gasteiger partial charge on any atom is -0.386 e. The van der Waals surface area contributed by atoms with E-state index in [1.165, 1.54) is 5.56 Å². The fourth-order valence-corrected chi connectivity index (χ4v) is 1.95. The first-order valence-corrected chi connectivity index (χ1v) is 6.93. The third kappa shape index (κ3) is 4.19. The molecule has 2 heteroatoms. The van der Waals surface area contributed by atoms with Crippen LogP contribution in [-0.2, 0) is 4.74 Å². The van der Waals surface area contributed by atoms with Crippen LogP contribution < -0.4 is 0 Å². The molecule has 2 nitrogen and oxygen atoms in total. The van der Waals surface area contributed by atoms with Crippen molar-refractivity contribution in [3.05, 3.63) is 60.2 Å². The van der Waals surface area contributed by atoms with Crippen LogP contribution in [0, 0.1) is 0 Å². The molecule has 2 aromatic carbocycles. The number of aliphatic hydroxyl groups is 1. The van der Waals surface area contributed by atoms with Crippen LogP contribution in [0.25, 0.3) is 11.1 Å². The summed E-state index contributed by atoms with van der Waals surface area (Å²) in [5.74, 6) is 0. The van der Waals surface area contributed by atoms with Crippen LogP contribution in [0.1, 0.15) is 32.4 Å². The topological polar surface area (TPSA) is 29.5 Å². The van der Waals surface area contributed by atoms with Crippen LogP contribution in [0.3, 0.4) is 0 Å². The Balaban J connectivity index is 2.05.